The Balaban J connectivity index is 1.58. The highest BCUT2D eigenvalue weighted by molar-refractivity contribution is 5.40. The first-order valence-electron chi connectivity index (χ1n) is 6.95. The molecule has 0 bridgehead atoms. The Morgan fingerprint density at radius 3 is 2.89 bits per heavy atom. The normalized spacial score (nSPS) is 24.9. The van der Waals surface area contributed by atoms with Crippen molar-refractivity contribution in [2.75, 3.05) is 19.6 Å². The van der Waals surface area contributed by atoms with E-state index < -0.39 is 0 Å². The fraction of sp³-hybridized carbons (Fsp3) is 0.600. The minimum Gasteiger partial charge on any atom is -0.488 e. The van der Waals surface area contributed by atoms with Crippen LogP contribution in [0.1, 0.15) is 24.0 Å². The molecule has 1 fully saturated rings. The molecular formula is C15H22N2O. The van der Waals surface area contributed by atoms with Crippen LogP contribution >= 0.6 is 0 Å². The molecule has 3 nitrogen and oxygen atoms in total. The quantitative estimate of drug-likeness (QED) is 0.863. The Bertz CT molecular complexity index is 425. The summed E-state index contributed by atoms with van der Waals surface area (Å²) in [5.74, 6) is 1.08. The van der Waals surface area contributed by atoms with Crippen LogP contribution in [0.3, 0.4) is 0 Å². The standard InChI is InChI=1S/C15H22N2O/c1-11-2-3-15-12(8-11)9-14(18-15)10-17-6-4-13(16)5-7-17/h2-3,8,13-14H,4-7,9-10,16H2,1H3. The van der Waals surface area contributed by atoms with Gasteiger partial charge in [-0.2, -0.15) is 0 Å². The van der Waals surface area contributed by atoms with Crippen molar-refractivity contribution in [2.45, 2.75) is 38.3 Å². The smallest absolute Gasteiger partial charge is 0.123 e. The zero-order valence-electron chi connectivity index (χ0n) is 11.1. The molecule has 0 spiro atoms. The van der Waals surface area contributed by atoms with Gasteiger partial charge in [0, 0.05) is 19.0 Å². The first-order valence-corrected chi connectivity index (χ1v) is 6.95. The van der Waals surface area contributed by atoms with Gasteiger partial charge < -0.3 is 10.5 Å². The number of aryl methyl sites for hydroxylation is 1. The second-order valence-electron chi connectivity index (χ2n) is 5.69. The van der Waals surface area contributed by atoms with E-state index in [-0.39, 0.29) is 0 Å². The molecule has 98 valence electrons. The van der Waals surface area contributed by atoms with Crippen LogP contribution in [0.4, 0.5) is 0 Å². The molecule has 2 heterocycles. The molecule has 0 aromatic heterocycles. The monoisotopic (exact) mass is 246 g/mol. The number of nitrogens with zero attached hydrogens (tertiary/aromatic N) is 1. The maximum absolute atomic E-state index is 6.02. The summed E-state index contributed by atoms with van der Waals surface area (Å²) in [6.07, 6.45) is 3.63. The van der Waals surface area contributed by atoms with Gasteiger partial charge in [0.25, 0.3) is 0 Å². The lowest BCUT2D eigenvalue weighted by molar-refractivity contribution is 0.129. The number of rotatable bonds is 2. The molecule has 3 rings (SSSR count). The van der Waals surface area contributed by atoms with E-state index >= 15 is 0 Å². The van der Waals surface area contributed by atoms with Gasteiger partial charge in [-0.25, -0.2) is 0 Å². The number of hydrogen-bond acceptors (Lipinski definition) is 3. The molecule has 18 heavy (non-hydrogen) atoms. The van der Waals surface area contributed by atoms with Crippen LogP contribution in [-0.4, -0.2) is 36.7 Å². The van der Waals surface area contributed by atoms with E-state index in [0.29, 0.717) is 12.1 Å². The molecule has 2 aliphatic heterocycles. The third-order valence-corrected chi connectivity index (χ3v) is 4.05. The van der Waals surface area contributed by atoms with Crippen molar-refractivity contribution < 1.29 is 4.74 Å². The molecule has 2 N–H and O–H groups in total. The molecule has 1 atom stereocenters. The summed E-state index contributed by atoms with van der Waals surface area (Å²) in [5, 5.41) is 0. The van der Waals surface area contributed by atoms with Crippen LogP contribution in [-0.2, 0) is 6.42 Å². The van der Waals surface area contributed by atoms with Gasteiger partial charge in [0.05, 0.1) is 0 Å². The predicted octanol–water partition coefficient (Wildman–Crippen LogP) is 1.72. The third kappa shape index (κ3) is 2.52. The Morgan fingerprint density at radius 1 is 1.33 bits per heavy atom. The summed E-state index contributed by atoms with van der Waals surface area (Å²) >= 11 is 0. The van der Waals surface area contributed by atoms with Crippen molar-refractivity contribution in [3.05, 3.63) is 29.3 Å². The molecule has 1 aromatic rings. The first-order chi connectivity index (χ1) is 8.70. The van der Waals surface area contributed by atoms with E-state index in [1.54, 1.807) is 0 Å². The van der Waals surface area contributed by atoms with E-state index in [2.05, 4.69) is 30.0 Å². The van der Waals surface area contributed by atoms with Crippen molar-refractivity contribution in [2.24, 2.45) is 5.73 Å². The van der Waals surface area contributed by atoms with E-state index in [9.17, 15) is 0 Å². The van der Waals surface area contributed by atoms with Gasteiger partial charge in [0.2, 0.25) is 0 Å². The van der Waals surface area contributed by atoms with Crippen LogP contribution in [0.15, 0.2) is 18.2 Å². The zero-order chi connectivity index (χ0) is 12.5. The van der Waals surface area contributed by atoms with Crippen molar-refractivity contribution in [1.29, 1.82) is 0 Å². The van der Waals surface area contributed by atoms with E-state index in [1.165, 1.54) is 11.1 Å². The van der Waals surface area contributed by atoms with Crippen LogP contribution in [0.5, 0.6) is 5.75 Å². The SMILES string of the molecule is Cc1ccc2c(c1)CC(CN1CCC(N)CC1)O2. The lowest BCUT2D eigenvalue weighted by atomic mass is 10.0. The Labute approximate surface area is 109 Å². The average Bonchev–Trinajstić information content (AvgIpc) is 2.73. The summed E-state index contributed by atoms with van der Waals surface area (Å²) < 4.78 is 6.02. The number of piperidine rings is 1. The summed E-state index contributed by atoms with van der Waals surface area (Å²) in [5.41, 5.74) is 8.62. The highest BCUT2D eigenvalue weighted by Gasteiger charge is 2.26. The van der Waals surface area contributed by atoms with Gasteiger partial charge in [-0.05, 0) is 44.5 Å². The Morgan fingerprint density at radius 2 is 2.11 bits per heavy atom. The van der Waals surface area contributed by atoms with Crippen LogP contribution in [0.2, 0.25) is 0 Å². The van der Waals surface area contributed by atoms with Gasteiger partial charge >= 0.3 is 0 Å². The molecule has 0 amide bonds. The summed E-state index contributed by atoms with van der Waals surface area (Å²) in [4.78, 5) is 2.49. The Hall–Kier alpha value is -1.06. The largest absolute Gasteiger partial charge is 0.488 e. The fourth-order valence-electron chi connectivity index (χ4n) is 2.97. The fourth-order valence-corrected chi connectivity index (χ4v) is 2.97. The average molecular weight is 246 g/mol. The molecule has 0 radical (unpaired) electrons. The van der Waals surface area contributed by atoms with Crippen molar-refractivity contribution in [1.82, 2.24) is 4.90 Å². The minimum atomic E-state index is 0.330. The number of benzene rings is 1. The predicted molar refractivity (Wildman–Crippen MR) is 72.9 cm³/mol. The first kappa shape index (κ1) is 12.0. The van der Waals surface area contributed by atoms with E-state index in [0.717, 1.165) is 44.6 Å². The van der Waals surface area contributed by atoms with Gasteiger partial charge in [0.1, 0.15) is 11.9 Å². The summed E-state index contributed by atoms with van der Waals surface area (Å²) in [6, 6.07) is 6.89. The minimum absolute atomic E-state index is 0.330. The maximum atomic E-state index is 6.02. The zero-order valence-corrected chi connectivity index (χ0v) is 11.1. The molecule has 0 saturated carbocycles. The van der Waals surface area contributed by atoms with Gasteiger partial charge in [0.15, 0.2) is 0 Å². The van der Waals surface area contributed by atoms with Crippen LogP contribution in [0.25, 0.3) is 0 Å². The lowest BCUT2D eigenvalue weighted by Gasteiger charge is -2.31. The molecule has 1 saturated heterocycles. The van der Waals surface area contributed by atoms with Gasteiger partial charge in [-0.3, -0.25) is 4.90 Å². The summed E-state index contributed by atoms with van der Waals surface area (Å²) in [6.45, 7) is 5.42. The number of likely N-dealkylation sites (tertiary alicyclic amines) is 1. The maximum Gasteiger partial charge on any atom is 0.123 e. The van der Waals surface area contributed by atoms with Crippen molar-refractivity contribution in [3.8, 4) is 5.75 Å². The number of fused-ring (bicyclic) bond motifs is 1. The molecule has 1 aromatic carbocycles. The topological polar surface area (TPSA) is 38.5 Å². The van der Waals surface area contributed by atoms with Gasteiger partial charge in [-0.15, -0.1) is 0 Å². The Kier molecular flexibility index (Phi) is 3.27. The molecular weight excluding hydrogens is 224 g/mol. The lowest BCUT2D eigenvalue weighted by Crippen LogP contribution is -2.43. The molecule has 2 aliphatic rings. The number of ether oxygens (including phenoxy) is 1. The highest BCUT2D eigenvalue weighted by atomic mass is 16.5. The van der Waals surface area contributed by atoms with Crippen LogP contribution in [0, 0.1) is 6.92 Å². The second-order valence-corrected chi connectivity index (χ2v) is 5.69. The van der Waals surface area contributed by atoms with Crippen LogP contribution < -0.4 is 10.5 Å². The van der Waals surface area contributed by atoms with Gasteiger partial charge in [-0.1, -0.05) is 17.7 Å². The van der Waals surface area contributed by atoms with E-state index in [1.807, 2.05) is 0 Å². The van der Waals surface area contributed by atoms with Crippen molar-refractivity contribution in [3.63, 3.8) is 0 Å². The molecule has 3 heteroatoms. The molecule has 1 unspecified atom stereocenters. The second kappa shape index (κ2) is 4.90. The number of hydrogen-bond donors (Lipinski definition) is 1. The molecule has 0 aliphatic carbocycles. The van der Waals surface area contributed by atoms with E-state index in [4.69, 9.17) is 10.5 Å². The highest BCUT2D eigenvalue weighted by Crippen LogP contribution is 2.30. The number of nitrogens with two attached hydrogens (primary N) is 1. The summed E-state index contributed by atoms with van der Waals surface area (Å²) in [7, 11) is 0. The third-order valence-electron chi connectivity index (χ3n) is 4.05. The van der Waals surface area contributed by atoms with Crippen molar-refractivity contribution >= 4 is 0 Å².